The van der Waals surface area contributed by atoms with Gasteiger partial charge in [0.2, 0.25) is 15.9 Å². The number of aromatic nitrogens is 2. The van der Waals surface area contributed by atoms with Gasteiger partial charge in [-0.1, -0.05) is 58.0 Å². The van der Waals surface area contributed by atoms with Gasteiger partial charge in [0.1, 0.15) is 11.6 Å². The van der Waals surface area contributed by atoms with Gasteiger partial charge in [-0.15, -0.1) is 0 Å². The molecule has 3 aromatic carbocycles. The number of halogens is 2. The molecule has 458 valence electrons. The minimum Gasteiger partial charge on any atom is -0.368 e. The lowest BCUT2D eigenvalue weighted by Gasteiger charge is -2.45. The summed E-state index contributed by atoms with van der Waals surface area (Å²) in [6.07, 6.45) is 5.98. The molecule has 20 heteroatoms. The van der Waals surface area contributed by atoms with Gasteiger partial charge < -0.3 is 20.4 Å². The third kappa shape index (κ3) is 13.4. The number of anilines is 2. The number of sulfonamides is 1. The van der Waals surface area contributed by atoms with Crippen LogP contribution in [0.15, 0.2) is 107 Å². The lowest BCUT2D eigenvalue weighted by atomic mass is 9.91. The fraction of sp³-hybridized carbons (Fsp3) is 0.554. The monoisotopic (exact) mass is 1200 g/mol. The van der Waals surface area contributed by atoms with E-state index in [1.54, 1.807) is 24.3 Å². The molecular formula is C65H87F2N11O5S2. The van der Waals surface area contributed by atoms with Gasteiger partial charge in [0.25, 0.3) is 0 Å². The van der Waals surface area contributed by atoms with Crippen LogP contribution in [0.25, 0.3) is 0 Å². The smallest absolute Gasteiger partial charge is 0.243 e. The molecule has 7 atom stereocenters. The molecule has 6 aliphatic rings. The van der Waals surface area contributed by atoms with E-state index in [1.807, 2.05) is 36.4 Å². The number of piperazine rings is 3. The second-order valence-electron chi connectivity index (χ2n) is 26.8. The van der Waals surface area contributed by atoms with Crippen molar-refractivity contribution in [2.75, 3.05) is 108 Å². The maximum atomic E-state index is 14.6. The summed E-state index contributed by atoms with van der Waals surface area (Å²) in [6.45, 7) is 26.7. The van der Waals surface area contributed by atoms with E-state index in [9.17, 15) is 30.4 Å². The summed E-state index contributed by atoms with van der Waals surface area (Å²) in [7, 11) is -7.91. The molecule has 4 saturated heterocycles. The van der Waals surface area contributed by atoms with Gasteiger partial charge in [-0.25, -0.2) is 25.6 Å². The topological polar surface area (TPSA) is 158 Å². The summed E-state index contributed by atoms with van der Waals surface area (Å²) in [6, 6.07) is 24.0. The van der Waals surface area contributed by atoms with Crippen LogP contribution in [0.3, 0.4) is 0 Å². The van der Waals surface area contributed by atoms with E-state index < -0.39 is 25.1 Å². The zero-order chi connectivity index (χ0) is 60.2. The number of pyridine rings is 2. The van der Waals surface area contributed by atoms with Crippen molar-refractivity contribution < 1.29 is 30.4 Å². The molecule has 5 aromatic rings. The third-order valence-corrected chi connectivity index (χ3v) is 23.2. The number of rotatable bonds is 17. The van der Waals surface area contributed by atoms with Crippen LogP contribution in [0.5, 0.6) is 0 Å². The van der Waals surface area contributed by atoms with Gasteiger partial charge in [-0.05, 0) is 137 Å². The van der Waals surface area contributed by atoms with E-state index in [-0.39, 0.29) is 88.0 Å². The van der Waals surface area contributed by atoms with Crippen LogP contribution < -0.4 is 20.4 Å². The van der Waals surface area contributed by atoms with Gasteiger partial charge in [-0.3, -0.25) is 34.4 Å². The zero-order valence-electron chi connectivity index (χ0n) is 50.9. The number of nitrogens with zero attached hydrogens (tertiary/aromatic N) is 9. The molecule has 8 heterocycles. The van der Waals surface area contributed by atoms with Crippen molar-refractivity contribution in [1.82, 2.24) is 44.5 Å². The highest BCUT2D eigenvalue weighted by Gasteiger charge is 2.44. The molecule has 0 radical (unpaired) electrons. The average Bonchev–Trinajstić information content (AvgIpc) is 1.95. The van der Waals surface area contributed by atoms with Crippen molar-refractivity contribution in [3.63, 3.8) is 0 Å². The lowest BCUT2D eigenvalue weighted by molar-refractivity contribution is -0.121. The van der Waals surface area contributed by atoms with Crippen LogP contribution in [-0.2, 0) is 48.3 Å². The number of likely N-dealkylation sites (tertiary alicyclic amines) is 1. The molecule has 0 aliphatic carbocycles. The van der Waals surface area contributed by atoms with E-state index in [1.165, 1.54) is 46.4 Å². The van der Waals surface area contributed by atoms with Gasteiger partial charge in [-0.2, -0.15) is 4.31 Å². The number of carbonyl (C=O) groups is 1. The van der Waals surface area contributed by atoms with Crippen LogP contribution in [-0.4, -0.2) is 196 Å². The van der Waals surface area contributed by atoms with Crippen molar-refractivity contribution in [2.24, 2.45) is 0 Å². The Kier molecular flexibility index (Phi) is 17.8. The Hall–Kier alpha value is -5.29. The Labute approximate surface area is 503 Å². The standard InChI is InChI=1S/C65H87F2N11O5S2/c1-44-36-74(22-23-75-42-64(5,6)62-59(75)29-50(32-70-62)27-48-12-16-52(66)17-13-48)54(34-68-44)39-72-21-20-57(26-46(72)3)84(80,81)56-10-9-11-58(31-56)85(82,83)77-25-24-73(47(4)38-77)40-55-35-69-45(2)37-76(55)41-61(79)78-43-65(7,8)63-60(78)30-51(33-71-63)28-49-14-18-53(67)19-15-49/h9-19,29-33,44-47,54-55,57,68-69H,20-28,34-43H2,1-8H3/t44-,45-,46-,47-,54-,55-,57?/m1/s1. The van der Waals surface area contributed by atoms with Crippen LogP contribution in [0.4, 0.5) is 20.2 Å². The predicted octanol–water partition coefficient (Wildman–Crippen LogP) is 6.70. The van der Waals surface area contributed by atoms with Crippen LogP contribution in [0, 0.1) is 11.6 Å². The van der Waals surface area contributed by atoms with Crippen LogP contribution in [0.1, 0.15) is 102 Å². The molecule has 0 bridgehead atoms. The summed E-state index contributed by atoms with van der Waals surface area (Å²) < 4.78 is 87.0. The molecule has 1 amide bonds. The fourth-order valence-corrected chi connectivity index (χ4v) is 17.8. The van der Waals surface area contributed by atoms with E-state index in [0.29, 0.717) is 71.0 Å². The second kappa shape index (κ2) is 24.7. The van der Waals surface area contributed by atoms with Gasteiger partial charge in [0.05, 0.1) is 44.3 Å². The summed E-state index contributed by atoms with van der Waals surface area (Å²) in [5.41, 5.74) is 7.60. The number of hydrogen-bond donors (Lipinski definition) is 2. The molecule has 11 rings (SSSR count). The highest BCUT2D eigenvalue weighted by molar-refractivity contribution is 7.92. The Bertz CT molecular complexity index is 3450. The van der Waals surface area contributed by atoms with Gasteiger partial charge in [0.15, 0.2) is 9.84 Å². The highest BCUT2D eigenvalue weighted by atomic mass is 32.2. The average molecular weight is 1200 g/mol. The van der Waals surface area contributed by atoms with Crippen molar-refractivity contribution in [2.45, 2.75) is 143 Å². The highest BCUT2D eigenvalue weighted by Crippen LogP contribution is 2.42. The quantitative estimate of drug-likeness (QED) is 0.101. The summed E-state index contributed by atoms with van der Waals surface area (Å²) in [5, 5.41) is 6.69. The number of amides is 1. The number of sulfone groups is 1. The first kappa shape index (κ1) is 61.4. The number of benzene rings is 3. The molecule has 0 saturated carbocycles. The summed E-state index contributed by atoms with van der Waals surface area (Å²) in [5.74, 6) is -0.520. The van der Waals surface area contributed by atoms with Crippen molar-refractivity contribution in [3.05, 3.63) is 143 Å². The molecule has 85 heavy (non-hydrogen) atoms. The lowest BCUT2D eigenvalue weighted by Crippen LogP contribution is -2.63. The molecule has 1 unspecified atom stereocenters. The number of nitrogens with one attached hydrogen (secondary N) is 2. The molecule has 16 nitrogen and oxygen atoms in total. The third-order valence-electron chi connectivity index (χ3n) is 19.1. The minimum atomic E-state index is -4.04. The molecule has 2 N–H and O–H groups in total. The van der Waals surface area contributed by atoms with E-state index >= 15 is 0 Å². The zero-order valence-corrected chi connectivity index (χ0v) is 52.5. The first-order valence-corrected chi connectivity index (χ1v) is 33.7. The summed E-state index contributed by atoms with van der Waals surface area (Å²) in [4.78, 5) is 38.3. The van der Waals surface area contributed by atoms with E-state index in [4.69, 9.17) is 9.97 Å². The normalized spacial score (nSPS) is 26.2. The number of fused-ring (bicyclic) bond motifs is 2. The van der Waals surface area contributed by atoms with Crippen LogP contribution >= 0.6 is 0 Å². The molecule has 2 aromatic heterocycles. The summed E-state index contributed by atoms with van der Waals surface area (Å²) >= 11 is 0. The molecular weight excluding hydrogens is 1120 g/mol. The number of carbonyl (C=O) groups excluding carboxylic acids is 1. The maximum absolute atomic E-state index is 14.6. The maximum Gasteiger partial charge on any atom is 0.243 e. The Balaban J connectivity index is 0.686. The van der Waals surface area contributed by atoms with Crippen LogP contribution in [0.2, 0.25) is 0 Å². The van der Waals surface area contributed by atoms with Crippen molar-refractivity contribution in [3.8, 4) is 0 Å². The predicted molar refractivity (Wildman–Crippen MR) is 331 cm³/mol. The first-order chi connectivity index (χ1) is 40.4. The molecule has 4 fully saturated rings. The fourth-order valence-electron chi connectivity index (χ4n) is 14.2. The number of piperidine rings is 1. The second-order valence-corrected chi connectivity index (χ2v) is 30.9. The Morgan fingerprint density at radius 2 is 1.16 bits per heavy atom. The van der Waals surface area contributed by atoms with Crippen molar-refractivity contribution >= 4 is 37.1 Å². The van der Waals surface area contributed by atoms with Gasteiger partial charge in [0, 0.05) is 145 Å². The van der Waals surface area contributed by atoms with Crippen molar-refractivity contribution in [1.29, 1.82) is 0 Å². The largest absolute Gasteiger partial charge is 0.368 e. The minimum absolute atomic E-state index is 0.00118. The van der Waals surface area contributed by atoms with Gasteiger partial charge >= 0.3 is 0 Å². The Morgan fingerprint density at radius 1 is 0.612 bits per heavy atom. The van der Waals surface area contributed by atoms with E-state index in [0.717, 1.165) is 78.6 Å². The van der Waals surface area contributed by atoms with E-state index in [2.05, 4.69) is 95.7 Å². The molecule has 6 aliphatic heterocycles. The molecule has 0 spiro atoms. The first-order valence-electron chi connectivity index (χ1n) is 30.7. The SMILES string of the molecule is C[C@@H]1CN(CCN2CC(C)(C)c3ncc(Cc4ccc(F)cc4)cc32)[C@@H](CN2CCC(S(=O)(=O)c3cccc(S(=O)(=O)N4CCN(C[C@H]5CN[C@H](C)CN5CC(=O)N5CC(C)(C)c6ncc(Cc7ccc(F)cc7)cc65)[C@H](C)C4)c3)C[C@H]2C)CN1. The number of hydrogen-bond acceptors (Lipinski definition) is 14. The Morgan fingerprint density at radius 3 is 1.78 bits per heavy atom.